The maximum atomic E-state index is 13.5. The SMILES string of the molecule is C#Cc1cc(NC(=O)c2c3c(cn2C)S(=O)(=O)N[C@@H](C(C)O)CC3)ccc1F. The Morgan fingerprint density at radius 1 is 1.50 bits per heavy atom. The highest BCUT2D eigenvalue weighted by molar-refractivity contribution is 7.89. The Morgan fingerprint density at radius 2 is 2.21 bits per heavy atom. The number of hydrogen-bond donors (Lipinski definition) is 3. The van der Waals surface area contributed by atoms with E-state index in [-0.39, 0.29) is 16.2 Å². The first-order valence-electron chi connectivity index (χ1n) is 8.60. The van der Waals surface area contributed by atoms with Crippen molar-refractivity contribution in [2.24, 2.45) is 7.05 Å². The number of sulfonamides is 1. The number of carbonyl (C=O) groups is 1. The first-order chi connectivity index (χ1) is 13.1. The molecule has 28 heavy (non-hydrogen) atoms. The lowest BCUT2D eigenvalue weighted by atomic mass is 10.0. The monoisotopic (exact) mass is 405 g/mol. The zero-order valence-electron chi connectivity index (χ0n) is 15.4. The van der Waals surface area contributed by atoms with Gasteiger partial charge in [0.2, 0.25) is 10.0 Å². The molecule has 2 heterocycles. The van der Waals surface area contributed by atoms with Gasteiger partial charge >= 0.3 is 0 Å². The molecular weight excluding hydrogens is 385 g/mol. The minimum Gasteiger partial charge on any atom is -0.392 e. The molecule has 0 saturated carbocycles. The number of aliphatic hydroxyl groups is 1. The molecule has 0 radical (unpaired) electrons. The smallest absolute Gasteiger partial charge is 0.272 e. The Bertz CT molecular complexity index is 1080. The van der Waals surface area contributed by atoms with Crippen molar-refractivity contribution in [3.63, 3.8) is 0 Å². The third-order valence-corrected chi connectivity index (χ3v) is 6.27. The fourth-order valence-electron chi connectivity index (χ4n) is 3.28. The summed E-state index contributed by atoms with van der Waals surface area (Å²) in [5.41, 5.74) is 0.856. The summed E-state index contributed by atoms with van der Waals surface area (Å²) < 4.78 is 42.8. The molecule has 1 aliphatic heterocycles. The lowest BCUT2D eigenvalue weighted by Crippen LogP contribution is -2.40. The first kappa shape index (κ1) is 20.1. The predicted molar refractivity (Wildman–Crippen MR) is 102 cm³/mol. The second-order valence-corrected chi connectivity index (χ2v) is 8.41. The summed E-state index contributed by atoms with van der Waals surface area (Å²) in [4.78, 5) is 12.9. The molecular formula is C19H20FN3O4S. The number of aryl methyl sites for hydroxylation is 1. The highest BCUT2D eigenvalue weighted by Gasteiger charge is 2.34. The summed E-state index contributed by atoms with van der Waals surface area (Å²) in [6.45, 7) is 1.51. The van der Waals surface area contributed by atoms with Crippen LogP contribution in [0, 0.1) is 18.2 Å². The summed E-state index contributed by atoms with van der Waals surface area (Å²) in [6, 6.07) is 3.21. The topological polar surface area (TPSA) is 100 Å². The van der Waals surface area contributed by atoms with Crippen molar-refractivity contribution in [2.75, 3.05) is 5.32 Å². The molecule has 3 rings (SSSR count). The molecule has 1 aliphatic rings. The van der Waals surface area contributed by atoms with E-state index in [0.717, 1.165) is 6.07 Å². The van der Waals surface area contributed by atoms with Crippen molar-refractivity contribution in [3.8, 4) is 12.3 Å². The molecule has 0 spiro atoms. The molecule has 2 aromatic rings. The number of aliphatic hydroxyl groups excluding tert-OH is 1. The Balaban J connectivity index is 1.98. The second kappa shape index (κ2) is 7.39. The molecule has 0 bridgehead atoms. The van der Waals surface area contributed by atoms with Gasteiger partial charge in [0.1, 0.15) is 16.4 Å². The quantitative estimate of drug-likeness (QED) is 0.672. The summed E-state index contributed by atoms with van der Waals surface area (Å²) in [6.07, 6.45) is 6.37. The van der Waals surface area contributed by atoms with Gasteiger partial charge in [0.25, 0.3) is 5.91 Å². The number of benzene rings is 1. The van der Waals surface area contributed by atoms with Crippen LogP contribution in [0.4, 0.5) is 10.1 Å². The number of nitrogens with zero attached hydrogens (tertiary/aromatic N) is 1. The number of nitrogens with one attached hydrogen (secondary N) is 2. The van der Waals surface area contributed by atoms with Gasteiger partial charge < -0.3 is 15.0 Å². The number of terminal acetylenes is 1. The van der Waals surface area contributed by atoms with E-state index in [1.165, 1.54) is 29.8 Å². The second-order valence-electron chi connectivity index (χ2n) is 6.73. The van der Waals surface area contributed by atoms with Crippen LogP contribution in [-0.2, 0) is 23.5 Å². The van der Waals surface area contributed by atoms with Crippen LogP contribution >= 0.6 is 0 Å². The molecule has 0 aliphatic carbocycles. The van der Waals surface area contributed by atoms with Crippen LogP contribution in [0.2, 0.25) is 0 Å². The maximum Gasteiger partial charge on any atom is 0.272 e. The van der Waals surface area contributed by atoms with E-state index in [1.54, 1.807) is 7.05 Å². The Kier molecular flexibility index (Phi) is 5.30. The molecule has 1 amide bonds. The maximum absolute atomic E-state index is 13.5. The van der Waals surface area contributed by atoms with E-state index in [0.29, 0.717) is 24.1 Å². The molecule has 1 aromatic heterocycles. The number of rotatable bonds is 3. The van der Waals surface area contributed by atoms with E-state index in [1.807, 2.05) is 0 Å². The zero-order chi connectivity index (χ0) is 20.6. The highest BCUT2D eigenvalue weighted by atomic mass is 32.2. The number of hydrogen-bond acceptors (Lipinski definition) is 4. The number of carbonyl (C=O) groups excluding carboxylic acids is 1. The van der Waals surface area contributed by atoms with E-state index < -0.39 is 33.9 Å². The summed E-state index contributed by atoms with van der Waals surface area (Å²) in [7, 11) is -2.31. The number of anilines is 1. The molecule has 1 aromatic carbocycles. The van der Waals surface area contributed by atoms with Crippen molar-refractivity contribution < 1.29 is 22.7 Å². The van der Waals surface area contributed by atoms with Gasteiger partial charge in [0, 0.05) is 30.5 Å². The number of fused-ring (bicyclic) bond motifs is 1. The Morgan fingerprint density at radius 3 is 2.86 bits per heavy atom. The van der Waals surface area contributed by atoms with Gasteiger partial charge in [-0.3, -0.25) is 4.79 Å². The largest absolute Gasteiger partial charge is 0.392 e. The van der Waals surface area contributed by atoms with Crippen molar-refractivity contribution in [3.05, 3.63) is 47.0 Å². The standard InChI is InChI=1S/C19H20FN3O4S/c1-4-12-9-13(5-7-15(12)20)21-19(25)18-14-6-8-16(11(2)24)22-28(26,27)17(14)10-23(18)3/h1,5,7,9-11,16,22,24H,6,8H2,2-3H3,(H,21,25)/t11?,16-/m1/s1. The summed E-state index contributed by atoms with van der Waals surface area (Å²) >= 11 is 0. The van der Waals surface area contributed by atoms with Crippen LogP contribution in [0.3, 0.4) is 0 Å². The van der Waals surface area contributed by atoms with Crippen molar-refractivity contribution in [1.29, 1.82) is 0 Å². The van der Waals surface area contributed by atoms with Crippen LogP contribution in [0.25, 0.3) is 0 Å². The average molecular weight is 405 g/mol. The van der Waals surface area contributed by atoms with Gasteiger partial charge in [-0.2, -0.15) is 0 Å². The fraction of sp³-hybridized carbons (Fsp3) is 0.316. The van der Waals surface area contributed by atoms with Gasteiger partial charge in [0.05, 0.1) is 11.7 Å². The molecule has 7 nitrogen and oxygen atoms in total. The van der Waals surface area contributed by atoms with Crippen molar-refractivity contribution in [2.45, 2.75) is 36.8 Å². The van der Waals surface area contributed by atoms with E-state index >= 15 is 0 Å². The number of halogens is 1. The minimum atomic E-state index is -3.88. The van der Waals surface area contributed by atoms with E-state index in [4.69, 9.17) is 6.42 Å². The molecule has 1 unspecified atom stereocenters. The average Bonchev–Trinajstić information content (AvgIpc) is 2.90. The van der Waals surface area contributed by atoms with Crippen LogP contribution in [-0.4, -0.2) is 36.1 Å². The molecule has 0 fully saturated rings. The molecule has 9 heteroatoms. The third kappa shape index (κ3) is 3.67. The van der Waals surface area contributed by atoms with E-state index in [9.17, 15) is 22.7 Å². The van der Waals surface area contributed by atoms with Gasteiger partial charge in [0.15, 0.2) is 0 Å². The third-order valence-electron chi connectivity index (χ3n) is 4.73. The normalized spacial score (nSPS) is 19.2. The lowest BCUT2D eigenvalue weighted by molar-refractivity contribution is 0.101. The summed E-state index contributed by atoms with van der Waals surface area (Å²) in [5, 5.41) is 12.4. The molecule has 0 saturated heterocycles. The number of amides is 1. The molecule has 3 N–H and O–H groups in total. The van der Waals surface area contributed by atoms with Crippen molar-refractivity contribution in [1.82, 2.24) is 9.29 Å². The highest BCUT2D eigenvalue weighted by Crippen LogP contribution is 2.28. The van der Waals surface area contributed by atoms with Gasteiger partial charge in [-0.1, -0.05) is 5.92 Å². The van der Waals surface area contributed by atoms with Crippen LogP contribution < -0.4 is 10.0 Å². The molecule has 2 atom stereocenters. The van der Waals surface area contributed by atoms with Crippen LogP contribution in [0.1, 0.15) is 35.0 Å². The Hall–Kier alpha value is -2.67. The minimum absolute atomic E-state index is 0.00622. The first-order valence-corrected chi connectivity index (χ1v) is 10.1. The predicted octanol–water partition coefficient (Wildman–Crippen LogP) is 1.37. The van der Waals surface area contributed by atoms with Crippen molar-refractivity contribution >= 4 is 21.6 Å². The summed E-state index contributed by atoms with van der Waals surface area (Å²) in [5.74, 6) is 1.08. The van der Waals surface area contributed by atoms with Gasteiger partial charge in [-0.05, 0) is 38.0 Å². The van der Waals surface area contributed by atoms with Crippen LogP contribution in [0.15, 0.2) is 29.3 Å². The molecule has 148 valence electrons. The Labute approximate surface area is 162 Å². The van der Waals surface area contributed by atoms with Crippen LogP contribution in [0.5, 0.6) is 0 Å². The van der Waals surface area contributed by atoms with E-state index in [2.05, 4.69) is 16.0 Å². The number of aromatic nitrogens is 1. The lowest BCUT2D eigenvalue weighted by Gasteiger charge is -2.18. The fourth-order valence-corrected chi connectivity index (χ4v) is 4.94. The van der Waals surface area contributed by atoms with Gasteiger partial charge in [-0.15, -0.1) is 6.42 Å². The van der Waals surface area contributed by atoms with Gasteiger partial charge in [-0.25, -0.2) is 17.5 Å². The zero-order valence-corrected chi connectivity index (χ0v) is 16.2.